The maximum Gasteiger partial charge on any atom is 0.329 e. The van der Waals surface area contributed by atoms with Gasteiger partial charge in [-0.15, -0.1) is 0 Å². The summed E-state index contributed by atoms with van der Waals surface area (Å²) in [4.78, 5) is 27.1. The average molecular weight is 454 g/mol. The Morgan fingerprint density at radius 3 is 2.67 bits per heavy atom. The van der Waals surface area contributed by atoms with Crippen LogP contribution in [0.3, 0.4) is 0 Å². The topological polar surface area (TPSA) is 103 Å². The number of esters is 1. The van der Waals surface area contributed by atoms with Crippen LogP contribution in [-0.2, 0) is 38.5 Å². The lowest BCUT2D eigenvalue weighted by Gasteiger charge is -2.18. The van der Waals surface area contributed by atoms with Crippen LogP contribution in [0.25, 0.3) is 16.6 Å². The van der Waals surface area contributed by atoms with Gasteiger partial charge in [0, 0.05) is 35.6 Å². The molecule has 3 aromatic rings. The Labute approximate surface area is 193 Å². The van der Waals surface area contributed by atoms with Crippen LogP contribution in [-0.4, -0.2) is 44.9 Å². The van der Waals surface area contributed by atoms with Crippen LogP contribution in [0.15, 0.2) is 30.6 Å². The Kier molecular flexibility index (Phi) is 8.54. The molecule has 0 aliphatic heterocycles. The number of aliphatic carboxylic acids is 1. The van der Waals surface area contributed by atoms with Crippen molar-refractivity contribution in [1.29, 1.82) is 0 Å². The van der Waals surface area contributed by atoms with E-state index in [0.29, 0.717) is 31.6 Å². The van der Waals surface area contributed by atoms with Crippen molar-refractivity contribution in [2.75, 3.05) is 13.2 Å². The number of rotatable bonds is 12. The quantitative estimate of drug-likeness (QED) is 0.325. The second-order valence-corrected chi connectivity index (χ2v) is 7.93. The molecule has 0 saturated carbocycles. The summed E-state index contributed by atoms with van der Waals surface area (Å²) in [5.74, 6) is -1.22. The summed E-state index contributed by atoms with van der Waals surface area (Å²) >= 11 is 0. The number of carbonyl (C=O) groups is 2. The molecule has 0 atom stereocenters. The summed E-state index contributed by atoms with van der Waals surface area (Å²) in [6.45, 7) is 5.94. The van der Waals surface area contributed by atoms with Gasteiger partial charge in [0.1, 0.15) is 6.61 Å². The van der Waals surface area contributed by atoms with Crippen molar-refractivity contribution in [1.82, 2.24) is 14.6 Å². The largest absolute Gasteiger partial charge is 0.480 e. The molecular formula is C25H31N3O5. The first-order chi connectivity index (χ1) is 15.9. The molecule has 0 aliphatic rings. The van der Waals surface area contributed by atoms with E-state index in [1.165, 1.54) is 0 Å². The average Bonchev–Trinajstić information content (AvgIpc) is 3.19. The van der Waals surface area contributed by atoms with Crippen molar-refractivity contribution in [3.63, 3.8) is 0 Å². The number of fused-ring (bicyclic) bond motifs is 1. The number of carbonyl (C=O) groups excluding carboxylic acids is 1. The molecule has 8 heteroatoms. The Morgan fingerprint density at radius 2 is 1.97 bits per heavy atom. The lowest BCUT2D eigenvalue weighted by Crippen LogP contribution is -2.13. The third-order valence-corrected chi connectivity index (χ3v) is 5.41. The number of carboxylic acids is 1. The van der Waals surface area contributed by atoms with E-state index in [-0.39, 0.29) is 12.6 Å². The number of hydrogen-bond donors (Lipinski definition) is 1. The molecule has 0 radical (unpaired) electrons. The molecule has 0 spiro atoms. The fourth-order valence-corrected chi connectivity index (χ4v) is 3.96. The molecule has 0 aromatic carbocycles. The van der Waals surface area contributed by atoms with Crippen LogP contribution < -0.4 is 0 Å². The Hall–Kier alpha value is -3.26. The SMILES string of the molecule is CCOC(=O)CCCCc1c(COCC(=O)O)nn2c(CC)ccc2c1-c1cncc(C)c1. The minimum Gasteiger partial charge on any atom is -0.480 e. The van der Waals surface area contributed by atoms with Crippen molar-refractivity contribution < 1.29 is 24.2 Å². The van der Waals surface area contributed by atoms with Gasteiger partial charge in [-0.05, 0) is 68.9 Å². The molecular weight excluding hydrogens is 422 g/mol. The van der Waals surface area contributed by atoms with Crippen LogP contribution >= 0.6 is 0 Å². The van der Waals surface area contributed by atoms with Gasteiger partial charge in [0.2, 0.25) is 0 Å². The second-order valence-electron chi connectivity index (χ2n) is 7.93. The van der Waals surface area contributed by atoms with Crippen molar-refractivity contribution >= 4 is 17.5 Å². The lowest BCUT2D eigenvalue weighted by molar-refractivity contribution is -0.143. The Bertz CT molecular complexity index is 1120. The van der Waals surface area contributed by atoms with Gasteiger partial charge < -0.3 is 14.6 Å². The van der Waals surface area contributed by atoms with Crippen LogP contribution in [0.1, 0.15) is 55.6 Å². The number of aromatic nitrogens is 3. The molecule has 3 heterocycles. The first-order valence-electron chi connectivity index (χ1n) is 11.3. The molecule has 0 saturated heterocycles. The highest BCUT2D eigenvalue weighted by molar-refractivity contribution is 5.84. The molecule has 8 nitrogen and oxygen atoms in total. The zero-order valence-electron chi connectivity index (χ0n) is 19.5. The van der Waals surface area contributed by atoms with Gasteiger partial charge in [-0.25, -0.2) is 9.31 Å². The van der Waals surface area contributed by atoms with Gasteiger partial charge in [-0.2, -0.15) is 5.10 Å². The molecule has 3 aromatic heterocycles. The van der Waals surface area contributed by atoms with E-state index >= 15 is 0 Å². The van der Waals surface area contributed by atoms with Gasteiger partial charge in [-0.3, -0.25) is 9.78 Å². The third kappa shape index (κ3) is 6.16. The maximum atomic E-state index is 11.7. The summed E-state index contributed by atoms with van der Waals surface area (Å²) in [6, 6.07) is 6.21. The molecule has 0 aliphatic carbocycles. The molecule has 3 rings (SSSR count). The van der Waals surface area contributed by atoms with Crippen molar-refractivity contribution in [2.24, 2.45) is 0 Å². The minimum atomic E-state index is -1.02. The third-order valence-electron chi connectivity index (χ3n) is 5.41. The van der Waals surface area contributed by atoms with E-state index in [0.717, 1.165) is 46.3 Å². The predicted molar refractivity (Wildman–Crippen MR) is 124 cm³/mol. The summed E-state index contributed by atoms with van der Waals surface area (Å²) in [5, 5.41) is 13.9. The standard InChI is InChI=1S/C25H31N3O5/c1-4-19-10-11-22-25(18-12-17(3)13-26-14-18)20(8-6-7-9-24(31)33-5-2)21(27-28(19)22)15-32-16-23(29)30/h10-14H,4-9,15-16H2,1-3H3,(H,29,30). The first kappa shape index (κ1) is 24.4. The molecule has 176 valence electrons. The number of unbranched alkanes of at least 4 members (excludes halogenated alkanes) is 1. The lowest BCUT2D eigenvalue weighted by atomic mass is 9.95. The first-order valence-corrected chi connectivity index (χ1v) is 11.3. The van der Waals surface area contributed by atoms with E-state index in [4.69, 9.17) is 19.7 Å². The summed E-state index contributed by atoms with van der Waals surface area (Å²) in [7, 11) is 0. The molecule has 0 amide bonds. The monoisotopic (exact) mass is 453 g/mol. The number of pyridine rings is 1. The zero-order valence-corrected chi connectivity index (χ0v) is 19.5. The highest BCUT2D eigenvalue weighted by atomic mass is 16.5. The number of ether oxygens (including phenoxy) is 2. The summed E-state index contributed by atoms with van der Waals surface area (Å²) < 4.78 is 12.4. The van der Waals surface area contributed by atoms with Crippen molar-refractivity contribution in [3.8, 4) is 11.1 Å². The number of nitrogens with zero attached hydrogens (tertiary/aromatic N) is 3. The van der Waals surface area contributed by atoms with Crippen molar-refractivity contribution in [3.05, 3.63) is 53.1 Å². The van der Waals surface area contributed by atoms with E-state index in [1.807, 2.05) is 23.8 Å². The van der Waals surface area contributed by atoms with Gasteiger partial charge >= 0.3 is 11.9 Å². The Morgan fingerprint density at radius 1 is 1.15 bits per heavy atom. The summed E-state index contributed by atoms with van der Waals surface area (Å²) in [5.41, 5.74) is 6.75. The van der Waals surface area contributed by atoms with Gasteiger partial charge in [0.25, 0.3) is 0 Å². The van der Waals surface area contributed by atoms with Crippen molar-refractivity contribution in [2.45, 2.75) is 59.5 Å². The smallest absolute Gasteiger partial charge is 0.329 e. The number of carboxylic acid groups (broad SMARTS) is 1. The number of aryl methyl sites for hydroxylation is 2. The van der Waals surface area contributed by atoms with Crippen LogP contribution in [0.4, 0.5) is 0 Å². The fourth-order valence-electron chi connectivity index (χ4n) is 3.96. The minimum absolute atomic E-state index is 0.0863. The van der Waals surface area contributed by atoms with Crippen LogP contribution in [0, 0.1) is 6.92 Å². The van der Waals surface area contributed by atoms with E-state index in [2.05, 4.69) is 30.1 Å². The normalized spacial score (nSPS) is 11.1. The highest BCUT2D eigenvalue weighted by Crippen LogP contribution is 2.33. The zero-order chi connectivity index (χ0) is 23.8. The number of hydrogen-bond acceptors (Lipinski definition) is 6. The molecule has 1 N–H and O–H groups in total. The predicted octanol–water partition coefficient (Wildman–Crippen LogP) is 4.14. The van der Waals surface area contributed by atoms with E-state index in [1.54, 1.807) is 6.92 Å². The Balaban J connectivity index is 2.05. The second kappa shape index (κ2) is 11.6. The van der Waals surface area contributed by atoms with Crippen LogP contribution in [0.5, 0.6) is 0 Å². The molecule has 33 heavy (non-hydrogen) atoms. The molecule has 0 fully saturated rings. The van der Waals surface area contributed by atoms with Gasteiger partial charge in [-0.1, -0.05) is 6.92 Å². The van der Waals surface area contributed by atoms with E-state index in [9.17, 15) is 9.59 Å². The molecule has 0 unspecified atom stereocenters. The fraction of sp³-hybridized carbons (Fsp3) is 0.440. The summed E-state index contributed by atoms with van der Waals surface area (Å²) in [6.07, 6.45) is 6.94. The van der Waals surface area contributed by atoms with E-state index < -0.39 is 12.6 Å². The molecule has 0 bridgehead atoms. The van der Waals surface area contributed by atoms with Gasteiger partial charge in [0.05, 0.1) is 24.4 Å². The van der Waals surface area contributed by atoms with Crippen LogP contribution in [0.2, 0.25) is 0 Å². The van der Waals surface area contributed by atoms with Gasteiger partial charge in [0.15, 0.2) is 0 Å². The highest BCUT2D eigenvalue weighted by Gasteiger charge is 2.19. The maximum absolute atomic E-state index is 11.7.